The van der Waals surface area contributed by atoms with E-state index in [2.05, 4.69) is 0 Å². The summed E-state index contributed by atoms with van der Waals surface area (Å²) >= 11 is 5.84. The molecular weight excluding hydrogens is 240 g/mol. The Bertz CT molecular complexity index is 413. The summed E-state index contributed by atoms with van der Waals surface area (Å²) in [5.41, 5.74) is 0.0581. The van der Waals surface area contributed by atoms with Crippen LogP contribution in [0.5, 0.6) is 5.75 Å². The number of carboxylic acid groups (broad SMARTS) is 1. The van der Waals surface area contributed by atoms with Gasteiger partial charge in [0.25, 0.3) is 0 Å². The van der Waals surface area contributed by atoms with Crippen molar-refractivity contribution in [2.45, 2.75) is 25.7 Å². The SMILES string of the molecule is O=C(O)c1c(Cl)cccc1OCCC1CCC1. The number of rotatable bonds is 5. The standard InChI is InChI=1S/C13H15ClO3/c14-10-5-2-6-11(12(10)13(15)16)17-8-7-9-3-1-4-9/h2,5-6,9H,1,3-4,7-8H2,(H,15,16). The molecule has 0 aliphatic heterocycles. The highest BCUT2D eigenvalue weighted by Gasteiger charge is 2.19. The highest BCUT2D eigenvalue weighted by molar-refractivity contribution is 6.33. The van der Waals surface area contributed by atoms with Crippen molar-refractivity contribution < 1.29 is 14.6 Å². The van der Waals surface area contributed by atoms with Gasteiger partial charge in [0.05, 0.1) is 11.6 Å². The van der Waals surface area contributed by atoms with Gasteiger partial charge >= 0.3 is 5.97 Å². The molecule has 4 heteroatoms. The third-order valence-electron chi connectivity index (χ3n) is 3.20. The number of benzene rings is 1. The van der Waals surface area contributed by atoms with E-state index in [1.807, 2.05) is 0 Å². The second kappa shape index (κ2) is 5.41. The summed E-state index contributed by atoms with van der Waals surface area (Å²) in [5, 5.41) is 9.27. The lowest BCUT2D eigenvalue weighted by Crippen LogP contribution is -2.15. The Morgan fingerprint density at radius 1 is 1.47 bits per heavy atom. The van der Waals surface area contributed by atoms with Crippen LogP contribution < -0.4 is 4.74 Å². The fourth-order valence-electron chi connectivity index (χ4n) is 1.95. The van der Waals surface area contributed by atoms with Crippen LogP contribution in [0.4, 0.5) is 0 Å². The molecule has 1 N–H and O–H groups in total. The second-order valence-corrected chi connectivity index (χ2v) is 4.76. The second-order valence-electron chi connectivity index (χ2n) is 4.35. The Labute approximate surface area is 105 Å². The number of hydrogen-bond acceptors (Lipinski definition) is 2. The summed E-state index contributed by atoms with van der Waals surface area (Å²) in [5.74, 6) is 0.0704. The molecule has 0 spiro atoms. The monoisotopic (exact) mass is 254 g/mol. The number of carboxylic acids is 1. The molecule has 1 fully saturated rings. The van der Waals surface area contributed by atoms with Crippen molar-refractivity contribution in [3.8, 4) is 5.75 Å². The largest absolute Gasteiger partial charge is 0.493 e. The molecule has 0 saturated heterocycles. The first-order chi connectivity index (χ1) is 8.18. The van der Waals surface area contributed by atoms with Gasteiger partial charge in [0.1, 0.15) is 11.3 Å². The summed E-state index contributed by atoms with van der Waals surface area (Å²) in [6.45, 7) is 0.561. The average Bonchev–Trinajstić information content (AvgIpc) is 2.21. The van der Waals surface area contributed by atoms with Crippen molar-refractivity contribution >= 4 is 17.6 Å². The van der Waals surface area contributed by atoms with Crippen molar-refractivity contribution in [2.75, 3.05) is 6.61 Å². The molecule has 1 aliphatic carbocycles. The average molecular weight is 255 g/mol. The summed E-state index contributed by atoms with van der Waals surface area (Å²) in [6, 6.07) is 4.91. The zero-order chi connectivity index (χ0) is 12.3. The minimum Gasteiger partial charge on any atom is -0.493 e. The third kappa shape index (κ3) is 2.91. The van der Waals surface area contributed by atoms with E-state index in [-0.39, 0.29) is 10.6 Å². The van der Waals surface area contributed by atoms with E-state index >= 15 is 0 Å². The zero-order valence-corrected chi connectivity index (χ0v) is 10.2. The van der Waals surface area contributed by atoms with Crippen molar-refractivity contribution in [1.82, 2.24) is 0 Å². The molecule has 0 radical (unpaired) electrons. The van der Waals surface area contributed by atoms with Crippen LogP contribution >= 0.6 is 11.6 Å². The van der Waals surface area contributed by atoms with Gasteiger partial charge < -0.3 is 9.84 Å². The van der Waals surface area contributed by atoms with Crippen molar-refractivity contribution in [3.05, 3.63) is 28.8 Å². The Kier molecular flexibility index (Phi) is 3.89. The first kappa shape index (κ1) is 12.2. The van der Waals surface area contributed by atoms with Gasteiger partial charge in [-0.3, -0.25) is 0 Å². The summed E-state index contributed by atoms with van der Waals surface area (Å²) in [4.78, 5) is 11.0. The molecule has 0 amide bonds. The topological polar surface area (TPSA) is 46.5 Å². The molecule has 1 aromatic carbocycles. The Morgan fingerprint density at radius 2 is 2.24 bits per heavy atom. The van der Waals surface area contributed by atoms with Gasteiger partial charge in [0.15, 0.2) is 0 Å². The summed E-state index contributed by atoms with van der Waals surface area (Å²) in [7, 11) is 0. The predicted molar refractivity (Wildman–Crippen MR) is 65.9 cm³/mol. The maximum Gasteiger partial charge on any atom is 0.341 e. The molecule has 2 rings (SSSR count). The fourth-order valence-corrected chi connectivity index (χ4v) is 2.20. The van der Waals surface area contributed by atoms with Gasteiger partial charge in [0, 0.05) is 0 Å². The minimum atomic E-state index is -1.05. The molecule has 17 heavy (non-hydrogen) atoms. The van der Waals surface area contributed by atoms with Crippen molar-refractivity contribution in [2.24, 2.45) is 5.92 Å². The molecule has 1 aliphatic rings. The maximum atomic E-state index is 11.0. The first-order valence-electron chi connectivity index (χ1n) is 5.83. The quantitative estimate of drug-likeness (QED) is 0.873. The molecule has 3 nitrogen and oxygen atoms in total. The van der Waals surface area contributed by atoms with E-state index in [1.165, 1.54) is 19.3 Å². The van der Waals surface area contributed by atoms with Crippen LogP contribution in [0.1, 0.15) is 36.0 Å². The molecule has 0 aromatic heterocycles. The number of carbonyl (C=O) groups is 1. The van der Waals surface area contributed by atoms with Gasteiger partial charge in [-0.1, -0.05) is 36.9 Å². The zero-order valence-electron chi connectivity index (χ0n) is 9.49. The normalized spacial score (nSPS) is 15.4. The summed E-state index contributed by atoms with van der Waals surface area (Å²) < 4.78 is 5.52. The van der Waals surface area contributed by atoms with Crippen molar-refractivity contribution in [3.63, 3.8) is 0 Å². The Hall–Kier alpha value is -1.22. The van der Waals surface area contributed by atoms with Crippen LogP contribution in [0.25, 0.3) is 0 Å². The number of ether oxygens (including phenoxy) is 1. The smallest absolute Gasteiger partial charge is 0.341 e. The molecule has 0 atom stereocenters. The van der Waals surface area contributed by atoms with Crippen LogP contribution in [-0.2, 0) is 0 Å². The molecule has 0 unspecified atom stereocenters. The molecule has 1 aromatic rings. The highest BCUT2D eigenvalue weighted by Crippen LogP contribution is 2.30. The lowest BCUT2D eigenvalue weighted by atomic mass is 9.83. The van der Waals surface area contributed by atoms with Crippen LogP contribution in [-0.4, -0.2) is 17.7 Å². The van der Waals surface area contributed by atoms with E-state index in [1.54, 1.807) is 18.2 Å². The maximum absolute atomic E-state index is 11.0. The van der Waals surface area contributed by atoms with Crippen LogP contribution in [0.3, 0.4) is 0 Å². The van der Waals surface area contributed by atoms with Gasteiger partial charge in [0.2, 0.25) is 0 Å². The third-order valence-corrected chi connectivity index (χ3v) is 3.51. The van der Waals surface area contributed by atoms with Crippen LogP contribution in [0.2, 0.25) is 5.02 Å². The molecule has 0 bridgehead atoms. The number of aromatic carboxylic acids is 1. The van der Waals surface area contributed by atoms with Gasteiger partial charge in [-0.15, -0.1) is 0 Å². The van der Waals surface area contributed by atoms with E-state index in [0.29, 0.717) is 12.4 Å². The van der Waals surface area contributed by atoms with Crippen LogP contribution in [0, 0.1) is 5.92 Å². The van der Waals surface area contributed by atoms with Gasteiger partial charge in [-0.2, -0.15) is 0 Å². The van der Waals surface area contributed by atoms with E-state index in [4.69, 9.17) is 21.4 Å². The minimum absolute atomic E-state index is 0.0581. The summed E-state index contributed by atoms with van der Waals surface area (Å²) in [6.07, 6.45) is 4.84. The molecule has 1 saturated carbocycles. The lowest BCUT2D eigenvalue weighted by molar-refractivity contribution is 0.0692. The van der Waals surface area contributed by atoms with E-state index in [0.717, 1.165) is 12.3 Å². The molecule has 92 valence electrons. The molecule has 0 heterocycles. The Balaban J connectivity index is 1.98. The Morgan fingerprint density at radius 3 is 2.82 bits per heavy atom. The number of hydrogen-bond donors (Lipinski definition) is 1. The highest BCUT2D eigenvalue weighted by atomic mass is 35.5. The van der Waals surface area contributed by atoms with E-state index < -0.39 is 5.97 Å². The fraction of sp³-hybridized carbons (Fsp3) is 0.462. The lowest BCUT2D eigenvalue weighted by Gasteiger charge is -2.25. The first-order valence-corrected chi connectivity index (χ1v) is 6.21. The molecular formula is C13H15ClO3. The van der Waals surface area contributed by atoms with Gasteiger partial charge in [-0.25, -0.2) is 4.79 Å². The predicted octanol–water partition coefficient (Wildman–Crippen LogP) is 3.61. The van der Waals surface area contributed by atoms with E-state index in [9.17, 15) is 4.79 Å². The number of halogens is 1. The van der Waals surface area contributed by atoms with Gasteiger partial charge in [-0.05, 0) is 24.5 Å². The van der Waals surface area contributed by atoms with Crippen LogP contribution in [0.15, 0.2) is 18.2 Å². The van der Waals surface area contributed by atoms with Crippen molar-refractivity contribution in [1.29, 1.82) is 0 Å².